The lowest BCUT2D eigenvalue weighted by Crippen LogP contribution is -2.65. The van der Waals surface area contributed by atoms with Crippen LogP contribution in [0.5, 0.6) is 0 Å². The molecule has 6 rings (SSSR count). The van der Waals surface area contributed by atoms with Crippen molar-refractivity contribution in [1.29, 1.82) is 0 Å². The van der Waals surface area contributed by atoms with Gasteiger partial charge in [0, 0.05) is 82.9 Å². The van der Waals surface area contributed by atoms with Crippen molar-refractivity contribution in [1.82, 2.24) is 64.9 Å². The van der Waals surface area contributed by atoms with Crippen LogP contribution in [-0.2, 0) is 70.1 Å². The number of nitrogens with zero attached hydrogens (tertiary/aromatic N) is 10. The van der Waals surface area contributed by atoms with Crippen LogP contribution >= 0.6 is 11.6 Å². The summed E-state index contributed by atoms with van der Waals surface area (Å²) in [5.74, 6) is -13.3. The number of aryl methyl sites for hydroxylation is 1. The maximum atomic E-state index is 15.4. The number of hydrogen-bond acceptors (Lipinski definition) is 13. The Morgan fingerprint density at radius 2 is 1.28 bits per heavy atom. The quantitative estimate of drug-likeness (QED) is 0.190. The highest BCUT2D eigenvalue weighted by molar-refractivity contribution is 6.31. The van der Waals surface area contributed by atoms with E-state index in [4.69, 9.17) is 11.6 Å². The topological polar surface area (TPSA) is 273 Å². The summed E-state index contributed by atoms with van der Waals surface area (Å²) in [4.78, 5) is 191. The Kier molecular flexibility index (Phi) is 30.8. The molecule has 5 aliphatic rings. The second-order valence-electron chi connectivity index (χ2n) is 30.4. The predicted octanol–water partition coefficient (Wildman–Crippen LogP) is 5.67. The van der Waals surface area contributed by atoms with Crippen molar-refractivity contribution in [3.05, 3.63) is 34.3 Å². The van der Waals surface area contributed by atoms with Gasteiger partial charge in [-0.25, -0.2) is 8.78 Å². The van der Waals surface area contributed by atoms with E-state index in [2.05, 4.69) is 16.0 Å². The van der Waals surface area contributed by atoms with Crippen LogP contribution in [0.4, 0.5) is 22.0 Å². The number of fused-ring (bicyclic) bond motifs is 1. The number of benzene rings is 1. The molecule has 0 unspecified atom stereocenters. The van der Waals surface area contributed by atoms with Crippen LogP contribution in [-0.4, -0.2) is 282 Å². The van der Waals surface area contributed by atoms with Crippen LogP contribution < -0.4 is 16.0 Å². The zero-order valence-corrected chi connectivity index (χ0v) is 64.2. The third-order valence-corrected chi connectivity index (χ3v) is 22.5. The van der Waals surface area contributed by atoms with Gasteiger partial charge in [0.05, 0.1) is 30.1 Å². The van der Waals surface area contributed by atoms with E-state index in [1.807, 2.05) is 20.8 Å². The van der Waals surface area contributed by atoms with Crippen molar-refractivity contribution in [2.24, 2.45) is 23.7 Å². The standard InChI is InChI=1S/C73H113ClF5N13O12/c1-16-44(4)60-70(103)85(10)46(6)65(98)92-36-32-54(92)69(102)88(13)56(39-47-23-18-17-19-24-47)68(101)84(9)41-58(93)81-52(30-28-48-27-29-50(51(74)38-48)73(77,78)79)66(99)87(12)53(31-35-91-34-22-33-72(75,76)42-91)62(95)80-45(5)64(97)90(15)61(49-25-20-21-26-49)71(104)89(14)57(67(100)83(7)8)40-59(94)86(11)55(37-43(2)3)63(96)82-60/h27,29,38,43-47,49,52-57,60-61H,16-26,28,30-37,39-42H2,1-15H3,(H,80,95)(H,81,93)(H,82,96)/t44-,45-,46-,52-,53-,54-,55-,56-,57-,60-,61-/m0/s1. The molecule has 31 heteroatoms. The summed E-state index contributed by atoms with van der Waals surface area (Å²) in [6, 6.07) is -10.4. The number of likely N-dealkylation sites (N-methyl/N-ethyl adjacent to an activating group) is 8. The summed E-state index contributed by atoms with van der Waals surface area (Å²) < 4.78 is 71.8. The minimum Gasteiger partial charge on any atom is -0.347 e. The van der Waals surface area contributed by atoms with Gasteiger partial charge in [0.1, 0.15) is 60.4 Å². The first kappa shape index (κ1) is 85.7. The summed E-state index contributed by atoms with van der Waals surface area (Å²) in [6.45, 7) is 8.84. The van der Waals surface area contributed by atoms with E-state index >= 15 is 24.0 Å². The van der Waals surface area contributed by atoms with Crippen molar-refractivity contribution < 1.29 is 79.5 Å². The molecule has 12 amide bonds. The lowest BCUT2D eigenvalue weighted by Gasteiger charge is -2.45. The van der Waals surface area contributed by atoms with Crippen LogP contribution in [0.1, 0.15) is 168 Å². The summed E-state index contributed by atoms with van der Waals surface area (Å²) >= 11 is 6.15. The largest absolute Gasteiger partial charge is 0.417 e. The molecule has 11 atom stereocenters. The molecule has 3 heterocycles. The number of nitrogens with one attached hydrogen (secondary N) is 3. The Morgan fingerprint density at radius 1 is 0.663 bits per heavy atom. The van der Waals surface area contributed by atoms with Crippen molar-refractivity contribution >= 4 is 82.5 Å². The highest BCUT2D eigenvalue weighted by Gasteiger charge is 2.48. The number of alkyl halides is 5. The van der Waals surface area contributed by atoms with Crippen molar-refractivity contribution in [3.63, 3.8) is 0 Å². The van der Waals surface area contributed by atoms with Gasteiger partial charge in [-0.3, -0.25) is 62.4 Å². The molecule has 0 bridgehead atoms. The molecule has 0 aromatic heterocycles. The molecular formula is C73H113ClF5N13O12. The van der Waals surface area contributed by atoms with Crippen LogP contribution in [0.25, 0.3) is 0 Å². The molecule has 2 aliphatic carbocycles. The number of halogens is 6. The SMILES string of the molecule is CC[C@H](C)[C@@H]1NC(=O)[C@H](CC(C)C)N(C)C(=O)C[C@@H](C(=O)N(C)C)N(C)C(=O)[C@H](C2CCCC2)N(C)C(=O)[C@H](C)NC(=O)[C@H](CCN2CCCC(F)(F)C2)N(C)C(=O)[C@H](CCc2ccc(C(F)(F)F)c(Cl)c2)NC(=O)CN(C)C(=O)[C@H](CC2CCCCC2)N(C)C(=O)[C@@H]2CCN2C(=O)[C@H](C)N(C)C1=O. The van der Waals surface area contributed by atoms with E-state index < -0.39 is 185 Å². The fraction of sp³-hybridized carbons (Fsp3) is 0.753. The van der Waals surface area contributed by atoms with E-state index in [1.165, 1.54) is 112 Å². The molecule has 5 fully saturated rings. The van der Waals surface area contributed by atoms with Gasteiger partial charge in [-0.1, -0.05) is 96.7 Å². The van der Waals surface area contributed by atoms with Crippen LogP contribution in [0.3, 0.4) is 0 Å². The van der Waals surface area contributed by atoms with Gasteiger partial charge < -0.3 is 60.0 Å². The predicted molar refractivity (Wildman–Crippen MR) is 380 cm³/mol. The second kappa shape index (κ2) is 37.3. The van der Waals surface area contributed by atoms with Crippen LogP contribution in [0.15, 0.2) is 18.2 Å². The zero-order chi connectivity index (χ0) is 77.7. The molecule has 0 radical (unpaired) electrons. The monoisotopic (exact) mass is 1490 g/mol. The number of hydrogen-bond donors (Lipinski definition) is 3. The van der Waals surface area contributed by atoms with Gasteiger partial charge in [-0.2, -0.15) is 13.2 Å². The zero-order valence-electron chi connectivity index (χ0n) is 63.4. The minimum absolute atomic E-state index is 0.0266. The molecule has 3 saturated heterocycles. The molecule has 1 aromatic carbocycles. The van der Waals surface area contributed by atoms with Crippen LogP contribution in [0, 0.1) is 23.7 Å². The Balaban J connectivity index is 1.46. The number of rotatable bonds is 14. The average molecular weight is 1500 g/mol. The third kappa shape index (κ3) is 21.7. The Morgan fingerprint density at radius 3 is 1.85 bits per heavy atom. The van der Waals surface area contributed by atoms with Crippen molar-refractivity contribution in [3.8, 4) is 0 Å². The molecule has 25 nitrogen and oxygen atoms in total. The molecule has 0 spiro atoms. The molecule has 2 saturated carbocycles. The van der Waals surface area contributed by atoms with Crippen molar-refractivity contribution in [2.75, 3.05) is 96.2 Å². The van der Waals surface area contributed by atoms with Gasteiger partial charge in [0.2, 0.25) is 70.9 Å². The first-order valence-electron chi connectivity index (χ1n) is 36.8. The summed E-state index contributed by atoms with van der Waals surface area (Å²) in [6.07, 6.45) is 0.703. The van der Waals surface area contributed by atoms with E-state index in [0.29, 0.717) is 32.1 Å². The van der Waals surface area contributed by atoms with Gasteiger partial charge >= 0.3 is 6.18 Å². The number of amides is 12. The maximum Gasteiger partial charge on any atom is 0.417 e. The second-order valence-corrected chi connectivity index (χ2v) is 30.8. The molecular weight excluding hydrogens is 1380 g/mol. The molecule has 3 aliphatic heterocycles. The number of likely N-dealkylation sites (tertiary alicyclic amines) is 1. The van der Waals surface area contributed by atoms with Gasteiger partial charge in [-0.15, -0.1) is 0 Å². The molecule has 3 N–H and O–H groups in total. The van der Waals surface area contributed by atoms with Gasteiger partial charge in [-0.05, 0) is 120 Å². The highest BCUT2D eigenvalue weighted by atomic mass is 35.5. The summed E-state index contributed by atoms with van der Waals surface area (Å²) in [5, 5.41) is 7.62. The highest BCUT2D eigenvalue weighted by Crippen LogP contribution is 2.37. The van der Waals surface area contributed by atoms with E-state index in [1.54, 1.807) is 6.92 Å². The first-order chi connectivity index (χ1) is 48.6. The lowest BCUT2D eigenvalue weighted by atomic mass is 9.84. The fourth-order valence-corrected chi connectivity index (χ4v) is 15.5. The fourth-order valence-electron chi connectivity index (χ4n) is 15.1. The molecule has 1 aromatic rings. The van der Waals surface area contributed by atoms with Gasteiger partial charge in [0.15, 0.2) is 0 Å². The smallest absolute Gasteiger partial charge is 0.347 e. The van der Waals surface area contributed by atoms with Gasteiger partial charge in [0.25, 0.3) is 5.92 Å². The Hall–Kier alpha value is -7.24. The number of piperidine rings is 1. The lowest BCUT2D eigenvalue weighted by molar-refractivity contribution is -0.160. The number of carbonyl (C=O) groups is 12. The average Bonchev–Trinajstić information content (AvgIpc) is 0.853. The maximum absolute atomic E-state index is 15.4. The first-order valence-corrected chi connectivity index (χ1v) is 37.2. The van der Waals surface area contributed by atoms with E-state index in [0.717, 1.165) is 65.0 Å². The molecule has 104 heavy (non-hydrogen) atoms. The third-order valence-electron chi connectivity index (χ3n) is 22.2. The van der Waals surface area contributed by atoms with E-state index in [9.17, 15) is 55.5 Å². The molecule has 584 valence electrons. The normalized spacial score (nSPS) is 27.8. The Bertz CT molecular complexity index is 3250. The van der Waals surface area contributed by atoms with Crippen LogP contribution in [0.2, 0.25) is 5.02 Å². The Labute approximate surface area is 614 Å². The van der Waals surface area contributed by atoms with Crippen molar-refractivity contribution in [2.45, 2.75) is 236 Å². The minimum atomic E-state index is -4.82. The summed E-state index contributed by atoms with van der Waals surface area (Å²) in [7, 11) is 12.4. The number of carbonyl (C=O) groups excluding carboxylic acids is 12. The summed E-state index contributed by atoms with van der Waals surface area (Å²) in [5.41, 5.74) is -0.915. The van der Waals surface area contributed by atoms with E-state index in [-0.39, 0.29) is 88.4 Å².